The molecule has 0 saturated carbocycles. The zero-order valence-electron chi connectivity index (χ0n) is 16.1. The Labute approximate surface area is 170 Å². The van der Waals surface area contributed by atoms with E-state index in [4.69, 9.17) is 11.6 Å². The number of carbonyl (C=O) groups is 1. The molecule has 0 N–H and O–H groups in total. The third-order valence-electron chi connectivity index (χ3n) is 5.14. The van der Waals surface area contributed by atoms with E-state index in [1.54, 1.807) is 4.68 Å². The second-order valence-electron chi connectivity index (χ2n) is 7.13. The molecule has 0 radical (unpaired) electrons. The first-order valence-corrected chi connectivity index (χ1v) is 9.83. The minimum atomic E-state index is 0.0195. The molecule has 1 saturated heterocycles. The number of halogens is 1. The molecule has 3 aromatic rings. The Morgan fingerprint density at radius 3 is 2.32 bits per heavy atom. The van der Waals surface area contributed by atoms with Crippen molar-refractivity contribution < 1.29 is 4.79 Å². The molecule has 1 aromatic heterocycles. The number of rotatable bonds is 3. The minimum absolute atomic E-state index is 0.0195. The van der Waals surface area contributed by atoms with Crippen LogP contribution in [0.1, 0.15) is 21.7 Å². The fourth-order valence-corrected chi connectivity index (χ4v) is 3.70. The van der Waals surface area contributed by atoms with Crippen molar-refractivity contribution in [3.8, 4) is 5.69 Å². The highest BCUT2D eigenvalue weighted by Gasteiger charge is 2.25. The van der Waals surface area contributed by atoms with Gasteiger partial charge in [0.15, 0.2) is 0 Å². The Bertz CT molecular complexity index is 991. The van der Waals surface area contributed by atoms with Gasteiger partial charge in [0.1, 0.15) is 5.69 Å². The summed E-state index contributed by atoms with van der Waals surface area (Å²) in [5.41, 5.74) is 4.51. The number of piperazine rings is 1. The molecule has 6 heteroatoms. The van der Waals surface area contributed by atoms with E-state index >= 15 is 0 Å². The van der Waals surface area contributed by atoms with Gasteiger partial charge in [-0.1, -0.05) is 35.9 Å². The first-order chi connectivity index (χ1) is 13.5. The molecule has 2 aromatic carbocycles. The molecule has 1 aliphatic heterocycles. The lowest BCUT2D eigenvalue weighted by atomic mass is 10.2. The molecule has 5 nitrogen and oxygen atoms in total. The molecule has 144 valence electrons. The highest BCUT2D eigenvalue weighted by molar-refractivity contribution is 6.31. The van der Waals surface area contributed by atoms with Crippen LogP contribution in [-0.4, -0.2) is 46.8 Å². The van der Waals surface area contributed by atoms with Crippen molar-refractivity contribution in [3.63, 3.8) is 0 Å². The van der Waals surface area contributed by atoms with Crippen LogP contribution in [0.5, 0.6) is 0 Å². The quantitative estimate of drug-likeness (QED) is 0.671. The second kappa shape index (κ2) is 7.68. The fourth-order valence-electron chi connectivity index (χ4n) is 3.53. The molecule has 0 unspecified atom stereocenters. The number of anilines is 1. The van der Waals surface area contributed by atoms with Crippen molar-refractivity contribution in [2.45, 2.75) is 13.8 Å². The van der Waals surface area contributed by atoms with E-state index < -0.39 is 0 Å². The van der Waals surface area contributed by atoms with Gasteiger partial charge in [-0.15, -0.1) is 0 Å². The molecule has 1 aliphatic rings. The van der Waals surface area contributed by atoms with Gasteiger partial charge in [-0.3, -0.25) is 4.79 Å². The fraction of sp³-hybridized carbons (Fsp3) is 0.273. The summed E-state index contributed by atoms with van der Waals surface area (Å²) >= 11 is 6.27. The molecule has 0 spiro atoms. The van der Waals surface area contributed by atoms with Crippen LogP contribution in [0.3, 0.4) is 0 Å². The highest BCUT2D eigenvalue weighted by Crippen LogP contribution is 2.24. The monoisotopic (exact) mass is 394 g/mol. The van der Waals surface area contributed by atoms with Gasteiger partial charge in [-0.05, 0) is 49.7 Å². The topological polar surface area (TPSA) is 41.4 Å². The van der Waals surface area contributed by atoms with Crippen LogP contribution in [0.2, 0.25) is 5.02 Å². The number of aryl methyl sites for hydroxylation is 2. The molecule has 1 fully saturated rings. The molecule has 1 amide bonds. The SMILES string of the molecule is Cc1cc(C(=O)N2CCN(c3ccc(C)c(Cl)c3)CC2)n(-c2ccccc2)n1. The number of para-hydroxylation sites is 1. The van der Waals surface area contributed by atoms with Crippen molar-refractivity contribution in [1.29, 1.82) is 0 Å². The van der Waals surface area contributed by atoms with Gasteiger partial charge in [0.2, 0.25) is 0 Å². The molecule has 4 rings (SSSR count). The Morgan fingerprint density at radius 2 is 1.64 bits per heavy atom. The zero-order valence-corrected chi connectivity index (χ0v) is 16.9. The normalized spacial score (nSPS) is 14.4. The summed E-state index contributed by atoms with van der Waals surface area (Å²) in [5, 5.41) is 5.30. The van der Waals surface area contributed by atoms with Gasteiger partial charge in [-0.2, -0.15) is 5.10 Å². The lowest BCUT2D eigenvalue weighted by Gasteiger charge is -2.36. The van der Waals surface area contributed by atoms with Crippen LogP contribution in [0.4, 0.5) is 5.69 Å². The Hall–Kier alpha value is -2.79. The number of amides is 1. The summed E-state index contributed by atoms with van der Waals surface area (Å²) in [6, 6.07) is 17.8. The van der Waals surface area contributed by atoms with Crippen molar-refractivity contribution >= 4 is 23.2 Å². The Kier molecular flexibility index (Phi) is 5.09. The largest absolute Gasteiger partial charge is 0.368 e. The van der Waals surface area contributed by atoms with E-state index in [2.05, 4.69) is 16.1 Å². The van der Waals surface area contributed by atoms with Gasteiger partial charge in [0.25, 0.3) is 5.91 Å². The number of aromatic nitrogens is 2. The first kappa shape index (κ1) is 18.6. The predicted molar refractivity (Wildman–Crippen MR) is 113 cm³/mol. The maximum absolute atomic E-state index is 13.2. The average Bonchev–Trinajstić information content (AvgIpc) is 3.12. The van der Waals surface area contributed by atoms with Crippen LogP contribution in [0.15, 0.2) is 54.6 Å². The predicted octanol–water partition coefficient (Wildman–Crippen LogP) is 4.10. The molecule has 28 heavy (non-hydrogen) atoms. The average molecular weight is 395 g/mol. The van der Waals surface area contributed by atoms with Gasteiger partial charge in [-0.25, -0.2) is 4.68 Å². The molecular weight excluding hydrogens is 372 g/mol. The Balaban J connectivity index is 1.50. The zero-order chi connectivity index (χ0) is 19.7. The molecular formula is C22H23ClN4O. The second-order valence-corrected chi connectivity index (χ2v) is 7.54. The van der Waals surface area contributed by atoms with Gasteiger partial charge >= 0.3 is 0 Å². The van der Waals surface area contributed by atoms with Gasteiger partial charge in [0.05, 0.1) is 11.4 Å². The third kappa shape index (κ3) is 3.62. The number of benzene rings is 2. The van der Waals surface area contributed by atoms with Crippen LogP contribution < -0.4 is 4.90 Å². The summed E-state index contributed by atoms with van der Waals surface area (Å²) in [4.78, 5) is 17.4. The number of hydrogen-bond acceptors (Lipinski definition) is 3. The summed E-state index contributed by atoms with van der Waals surface area (Å²) in [6.07, 6.45) is 0. The Morgan fingerprint density at radius 1 is 0.929 bits per heavy atom. The van der Waals surface area contributed by atoms with E-state index in [-0.39, 0.29) is 5.91 Å². The van der Waals surface area contributed by atoms with Gasteiger partial charge in [0, 0.05) is 36.9 Å². The van der Waals surface area contributed by atoms with Crippen LogP contribution >= 0.6 is 11.6 Å². The van der Waals surface area contributed by atoms with Crippen molar-refractivity contribution in [1.82, 2.24) is 14.7 Å². The van der Waals surface area contributed by atoms with Crippen molar-refractivity contribution in [3.05, 3.63) is 76.6 Å². The van der Waals surface area contributed by atoms with Crippen molar-refractivity contribution in [2.75, 3.05) is 31.1 Å². The maximum Gasteiger partial charge on any atom is 0.272 e. The van der Waals surface area contributed by atoms with Gasteiger partial charge < -0.3 is 9.80 Å². The van der Waals surface area contributed by atoms with E-state index in [0.717, 1.165) is 40.7 Å². The molecule has 0 bridgehead atoms. The number of nitrogens with zero attached hydrogens (tertiary/aromatic N) is 4. The standard InChI is InChI=1S/C22H23ClN4O/c1-16-8-9-19(15-20(16)23)25-10-12-26(13-11-25)22(28)21-14-17(2)24-27(21)18-6-4-3-5-7-18/h3-9,14-15H,10-13H2,1-2H3. The van der Waals surface area contributed by atoms with Crippen LogP contribution in [0, 0.1) is 13.8 Å². The number of carbonyl (C=O) groups excluding carboxylic acids is 1. The smallest absolute Gasteiger partial charge is 0.272 e. The van der Waals surface area contributed by atoms with E-state index in [9.17, 15) is 4.79 Å². The molecule has 0 atom stereocenters. The molecule has 2 heterocycles. The first-order valence-electron chi connectivity index (χ1n) is 9.45. The summed E-state index contributed by atoms with van der Waals surface area (Å²) in [7, 11) is 0. The van der Waals surface area contributed by atoms with E-state index in [1.807, 2.05) is 67.3 Å². The summed E-state index contributed by atoms with van der Waals surface area (Å²) in [6.45, 7) is 6.82. The van der Waals surface area contributed by atoms with Crippen molar-refractivity contribution in [2.24, 2.45) is 0 Å². The van der Waals surface area contributed by atoms with Crippen LogP contribution in [-0.2, 0) is 0 Å². The number of hydrogen-bond donors (Lipinski definition) is 0. The maximum atomic E-state index is 13.2. The summed E-state index contributed by atoms with van der Waals surface area (Å²) < 4.78 is 1.74. The van der Waals surface area contributed by atoms with E-state index in [1.165, 1.54) is 0 Å². The highest BCUT2D eigenvalue weighted by atomic mass is 35.5. The third-order valence-corrected chi connectivity index (χ3v) is 5.55. The summed E-state index contributed by atoms with van der Waals surface area (Å²) in [5.74, 6) is 0.0195. The lowest BCUT2D eigenvalue weighted by Crippen LogP contribution is -2.49. The minimum Gasteiger partial charge on any atom is -0.368 e. The molecule has 0 aliphatic carbocycles. The van der Waals surface area contributed by atoms with E-state index in [0.29, 0.717) is 18.8 Å². The lowest BCUT2D eigenvalue weighted by molar-refractivity contribution is 0.0737. The van der Waals surface area contributed by atoms with Crippen LogP contribution in [0.25, 0.3) is 5.69 Å².